The summed E-state index contributed by atoms with van der Waals surface area (Å²) in [4.78, 5) is 37.0. The highest BCUT2D eigenvalue weighted by molar-refractivity contribution is 5.74. The van der Waals surface area contributed by atoms with Crippen molar-refractivity contribution in [3.8, 4) is 0 Å². The molecule has 8 heteroatoms. The third-order valence-corrected chi connectivity index (χ3v) is 4.30. The van der Waals surface area contributed by atoms with Crippen LogP contribution in [-0.4, -0.2) is 76.4 Å². The summed E-state index contributed by atoms with van der Waals surface area (Å²) in [6.45, 7) is 12.3. The van der Waals surface area contributed by atoms with E-state index in [4.69, 9.17) is 14.6 Å². The van der Waals surface area contributed by atoms with Gasteiger partial charge in [0.2, 0.25) is 0 Å². The number of hydrogen-bond acceptors (Lipinski definition) is 6. The molecule has 2 atom stereocenters. The number of aliphatic hydroxyl groups is 1. The Bertz CT molecular complexity index is 539. The molecule has 0 saturated carbocycles. The first kappa shape index (κ1) is 30.4. The lowest BCUT2D eigenvalue weighted by molar-refractivity contribution is -0.111. The first-order valence-electron chi connectivity index (χ1n) is 9.93. The molecule has 30 heavy (non-hydrogen) atoms. The number of hydrogen-bond donors (Lipinski definition) is 1. The fourth-order valence-corrected chi connectivity index (χ4v) is 3.07. The van der Waals surface area contributed by atoms with Crippen molar-refractivity contribution in [2.45, 2.75) is 105 Å². The summed E-state index contributed by atoms with van der Waals surface area (Å²) in [5, 5.41) is 9.03. The summed E-state index contributed by atoms with van der Waals surface area (Å²) in [6.07, 6.45) is 3.57. The van der Waals surface area contributed by atoms with E-state index in [0.29, 0.717) is 13.1 Å². The largest absolute Gasteiger partial charge is 0.444 e. The lowest BCUT2D eigenvalue weighted by Crippen LogP contribution is -2.41. The second-order valence-electron chi connectivity index (χ2n) is 9.17. The van der Waals surface area contributed by atoms with Crippen LogP contribution in [0.25, 0.3) is 0 Å². The van der Waals surface area contributed by atoms with Crippen molar-refractivity contribution in [3.63, 3.8) is 0 Å². The van der Waals surface area contributed by atoms with E-state index in [2.05, 4.69) is 0 Å². The quantitative estimate of drug-likeness (QED) is 0.656. The lowest BCUT2D eigenvalue weighted by Gasteiger charge is -2.27. The van der Waals surface area contributed by atoms with E-state index < -0.39 is 11.2 Å². The minimum absolute atomic E-state index is 0. The molecule has 2 fully saturated rings. The van der Waals surface area contributed by atoms with Crippen LogP contribution in [0.4, 0.5) is 9.59 Å². The van der Waals surface area contributed by atoms with Gasteiger partial charge in [-0.25, -0.2) is 9.59 Å². The molecule has 2 aliphatic rings. The molecule has 0 spiro atoms. The third-order valence-electron chi connectivity index (χ3n) is 4.30. The second-order valence-corrected chi connectivity index (χ2v) is 9.17. The van der Waals surface area contributed by atoms with E-state index >= 15 is 0 Å². The Morgan fingerprint density at radius 3 is 1.77 bits per heavy atom. The summed E-state index contributed by atoms with van der Waals surface area (Å²) >= 11 is 0. The fourth-order valence-electron chi connectivity index (χ4n) is 3.07. The van der Waals surface area contributed by atoms with Gasteiger partial charge < -0.3 is 24.3 Å². The molecule has 0 unspecified atom stereocenters. The number of aldehydes is 1. The Morgan fingerprint density at radius 2 is 1.33 bits per heavy atom. The van der Waals surface area contributed by atoms with Gasteiger partial charge in [-0.3, -0.25) is 4.90 Å². The van der Waals surface area contributed by atoms with E-state index in [0.717, 1.165) is 32.0 Å². The number of amides is 2. The smallest absolute Gasteiger partial charge is 0.410 e. The second kappa shape index (κ2) is 12.8. The number of nitrogens with zero attached hydrogens (tertiary/aromatic N) is 2. The van der Waals surface area contributed by atoms with Crippen molar-refractivity contribution in [1.82, 2.24) is 9.80 Å². The van der Waals surface area contributed by atoms with Crippen LogP contribution in [-0.2, 0) is 14.3 Å². The molecule has 8 nitrogen and oxygen atoms in total. The Morgan fingerprint density at radius 1 is 0.900 bits per heavy atom. The Labute approximate surface area is 182 Å². The Hall–Kier alpha value is -1.83. The standard InChI is InChI=1S/C10H19NO3.C10H17NO3.2CH4/c2*1-10(2,3)14-9(13)11-6-4-5-8(11)7-12;;/h8,12H,4-7H2,1-3H3;7-8H,4-6H2,1-3H3;2*1H4/t2*8-;;/m00../s1. The molecule has 0 aromatic heterocycles. The van der Waals surface area contributed by atoms with Crippen LogP contribution in [0.5, 0.6) is 0 Å². The molecule has 0 aromatic carbocycles. The summed E-state index contributed by atoms with van der Waals surface area (Å²) in [5.74, 6) is 0. The van der Waals surface area contributed by atoms with Crippen molar-refractivity contribution in [3.05, 3.63) is 0 Å². The molecular formula is C22H44N2O6. The molecule has 2 aliphatic heterocycles. The van der Waals surface area contributed by atoms with E-state index in [1.807, 2.05) is 41.5 Å². The van der Waals surface area contributed by atoms with Crippen molar-refractivity contribution >= 4 is 18.5 Å². The van der Waals surface area contributed by atoms with E-state index in [9.17, 15) is 14.4 Å². The molecule has 0 bridgehead atoms. The summed E-state index contributed by atoms with van der Waals surface area (Å²) in [5.41, 5.74) is -0.952. The monoisotopic (exact) mass is 432 g/mol. The van der Waals surface area contributed by atoms with Crippen LogP contribution in [0.15, 0.2) is 0 Å². The number of ether oxygens (including phenoxy) is 2. The van der Waals surface area contributed by atoms with E-state index in [-0.39, 0.29) is 45.7 Å². The first-order valence-corrected chi connectivity index (χ1v) is 9.93. The summed E-state index contributed by atoms with van der Waals surface area (Å²) in [6, 6.07) is -0.338. The molecule has 0 radical (unpaired) electrons. The molecule has 178 valence electrons. The molecule has 1 N–H and O–H groups in total. The molecular weight excluding hydrogens is 388 g/mol. The van der Waals surface area contributed by atoms with Gasteiger partial charge in [-0.05, 0) is 67.2 Å². The SMILES string of the molecule is C.C.CC(C)(C)OC(=O)N1CCC[C@H]1C=O.CC(C)(C)OC(=O)N1CCC[C@H]1CO. The Kier molecular flexibility index (Phi) is 12.9. The van der Waals surface area contributed by atoms with Crippen molar-refractivity contribution < 1.29 is 29.0 Å². The predicted octanol–water partition coefficient (Wildman–Crippen LogP) is 4.24. The average molecular weight is 433 g/mol. The van der Waals surface area contributed by atoms with Gasteiger partial charge in [-0.2, -0.15) is 0 Å². The summed E-state index contributed by atoms with van der Waals surface area (Å²) < 4.78 is 10.4. The van der Waals surface area contributed by atoms with Crippen LogP contribution in [0.2, 0.25) is 0 Å². The minimum Gasteiger partial charge on any atom is -0.444 e. The van der Waals surface area contributed by atoms with Crippen LogP contribution in [0, 0.1) is 0 Å². The van der Waals surface area contributed by atoms with E-state index in [1.165, 1.54) is 4.90 Å². The van der Waals surface area contributed by atoms with Crippen molar-refractivity contribution in [1.29, 1.82) is 0 Å². The number of carbonyl (C=O) groups excluding carboxylic acids is 3. The summed E-state index contributed by atoms with van der Waals surface area (Å²) in [7, 11) is 0. The number of aliphatic hydroxyl groups excluding tert-OH is 1. The molecule has 0 aromatic rings. The number of likely N-dealkylation sites (tertiary alicyclic amines) is 2. The maximum atomic E-state index is 11.6. The maximum absolute atomic E-state index is 11.6. The third kappa shape index (κ3) is 10.3. The highest BCUT2D eigenvalue weighted by Crippen LogP contribution is 2.20. The van der Waals surface area contributed by atoms with Gasteiger partial charge in [-0.15, -0.1) is 0 Å². The van der Waals surface area contributed by atoms with Crippen LogP contribution < -0.4 is 0 Å². The van der Waals surface area contributed by atoms with Gasteiger partial charge in [0.15, 0.2) is 0 Å². The lowest BCUT2D eigenvalue weighted by atomic mass is 10.2. The van der Waals surface area contributed by atoms with E-state index in [1.54, 1.807) is 4.90 Å². The number of carbonyl (C=O) groups is 3. The highest BCUT2D eigenvalue weighted by Gasteiger charge is 2.32. The molecule has 2 heterocycles. The Balaban J connectivity index is 0. The van der Waals surface area contributed by atoms with Gasteiger partial charge in [0.05, 0.1) is 18.7 Å². The zero-order chi connectivity index (χ0) is 21.5. The predicted molar refractivity (Wildman–Crippen MR) is 119 cm³/mol. The molecule has 2 rings (SSSR count). The van der Waals surface area contributed by atoms with Crippen LogP contribution in [0.1, 0.15) is 82.1 Å². The first-order chi connectivity index (χ1) is 12.9. The van der Waals surface area contributed by atoms with Gasteiger partial charge in [0.1, 0.15) is 17.5 Å². The normalized spacial score (nSPS) is 20.9. The van der Waals surface area contributed by atoms with Crippen molar-refractivity contribution in [2.24, 2.45) is 0 Å². The van der Waals surface area contributed by atoms with Crippen LogP contribution in [0.3, 0.4) is 0 Å². The van der Waals surface area contributed by atoms with Gasteiger partial charge in [-0.1, -0.05) is 14.9 Å². The van der Waals surface area contributed by atoms with Gasteiger partial charge >= 0.3 is 12.2 Å². The molecule has 0 aliphatic carbocycles. The van der Waals surface area contributed by atoms with Crippen LogP contribution >= 0.6 is 0 Å². The molecule has 2 saturated heterocycles. The zero-order valence-corrected chi connectivity index (χ0v) is 18.1. The topological polar surface area (TPSA) is 96.4 Å². The molecule has 2 amide bonds. The maximum Gasteiger partial charge on any atom is 0.410 e. The fraction of sp³-hybridized carbons (Fsp3) is 0.864. The minimum atomic E-state index is -0.493. The van der Waals surface area contributed by atoms with Crippen molar-refractivity contribution in [2.75, 3.05) is 19.7 Å². The zero-order valence-electron chi connectivity index (χ0n) is 18.1. The van der Waals surface area contributed by atoms with Gasteiger partial charge in [0.25, 0.3) is 0 Å². The average Bonchev–Trinajstić information content (AvgIpc) is 3.20. The van der Waals surface area contributed by atoms with Gasteiger partial charge in [0, 0.05) is 13.1 Å². The number of rotatable bonds is 2. The highest BCUT2D eigenvalue weighted by atomic mass is 16.6.